The van der Waals surface area contributed by atoms with E-state index in [9.17, 15) is 0 Å². The Morgan fingerprint density at radius 3 is 2.56 bits per heavy atom. The van der Waals surface area contributed by atoms with Crippen LogP contribution in [0.4, 0.5) is 0 Å². The Hall–Kier alpha value is -1.09. The molecule has 0 aromatic heterocycles. The van der Waals surface area contributed by atoms with Gasteiger partial charge in [0.25, 0.3) is 0 Å². The van der Waals surface area contributed by atoms with Crippen molar-refractivity contribution in [2.75, 3.05) is 20.2 Å². The van der Waals surface area contributed by atoms with E-state index >= 15 is 0 Å². The van der Waals surface area contributed by atoms with Gasteiger partial charge >= 0.3 is 110 Å². The molecule has 18 heavy (non-hydrogen) atoms. The number of rotatable bonds is 3. The number of benzene rings is 1. The van der Waals surface area contributed by atoms with Crippen molar-refractivity contribution in [1.82, 2.24) is 5.32 Å². The van der Waals surface area contributed by atoms with Crippen molar-refractivity contribution in [2.45, 2.75) is 32.1 Å². The Bertz CT molecular complexity index is 450. The van der Waals surface area contributed by atoms with Gasteiger partial charge in [-0.05, 0) is 0 Å². The molecule has 0 aliphatic carbocycles. The summed E-state index contributed by atoms with van der Waals surface area (Å²) in [7, 11) is 5.84. The van der Waals surface area contributed by atoms with Gasteiger partial charge in [-0.2, -0.15) is 0 Å². The van der Waals surface area contributed by atoms with Crippen LogP contribution in [0.3, 0.4) is 0 Å². The van der Waals surface area contributed by atoms with Crippen LogP contribution in [-0.2, 0) is 5.41 Å². The quantitative estimate of drug-likeness (QED) is 0.817. The second kappa shape index (κ2) is 5.27. The Balaban J connectivity index is 2.48. The molecular weight excluding hydrogens is 221 g/mol. The first kappa shape index (κ1) is 13.3. The molecule has 0 unspecified atom stereocenters. The van der Waals surface area contributed by atoms with Crippen LogP contribution in [0.15, 0.2) is 18.2 Å². The van der Waals surface area contributed by atoms with E-state index in [4.69, 9.17) is 4.74 Å². The Morgan fingerprint density at radius 1 is 1.33 bits per heavy atom. The summed E-state index contributed by atoms with van der Waals surface area (Å²) in [6.07, 6.45) is 2.33. The van der Waals surface area contributed by atoms with Crippen LogP contribution in [0.25, 0.3) is 0 Å². The summed E-state index contributed by atoms with van der Waals surface area (Å²) in [5, 5.41) is 3.43. The van der Waals surface area contributed by atoms with E-state index in [1.165, 1.54) is 24.0 Å². The fourth-order valence-corrected chi connectivity index (χ4v) is 2.77. The molecule has 1 aliphatic heterocycles. The first-order chi connectivity index (χ1) is 8.57. The third kappa shape index (κ3) is 2.51. The second-order valence-corrected chi connectivity index (χ2v) is 5.50. The maximum atomic E-state index is 5.38. The molecule has 1 N–H and O–H groups in total. The van der Waals surface area contributed by atoms with Gasteiger partial charge < -0.3 is 0 Å². The fourth-order valence-electron chi connectivity index (χ4n) is 2.77. The van der Waals surface area contributed by atoms with E-state index in [2.05, 4.69) is 38.8 Å². The number of hydrogen-bond donors (Lipinski definition) is 1. The molecule has 0 radical (unpaired) electrons. The molecule has 1 fully saturated rings. The van der Waals surface area contributed by atoms with Crippen molar-refractivity contribution in [2.24, 2.45) is 0 Å². The van der Waals surface area contributed by atoms with Crippen LogP contribution >= 0.6 is 0 Å². The van der Waals surface area contributed by atoms with E-state index in [0.717, 1.165) is 24.3 Å². The van der Waals surface area contributed by atoms with Crippen molar-refractivity contribution in [3.63, 3.8) is 0 Å². The summed E-state index contributed by atoms with van der Waals surface area (Å²) in [6.45, 7) is 6.61. The van der Waals surface area contributed by atoms with Gasteiger partial charge in [-0.3, -0.25) is 0 Å². The number of ether oxygens (including phenoxy) is 1. The van der Waals surface area contributed by atoms with Crippen LogP contribution in [0.5, 0.6) is 5.75 Å². The molecule has 0 saturated carbocycles. The molecule has 1 saturated heterocycles. The molecule has 1 aromatic carbocycles. The molecule has 2 nitrogen and oxygen atoms in total. The van der Waals surface area contributed by atoms with Crippen molar-refractivity contribution in [3.8, 4) is 5.75 Å². The molecule has 3 heteroatoms. The van der Waals surface area contributed by atoms with E-state index in [-0.39, 0.29) is 5.41 Å². The van der Waals surface area contributed by atoms with Crippen LogP contribution < -0.4 is 10.1 Å². The molecule has 1 heterocycles. The maximum absolute atomic E-state index is 5.38. The van der Waals surface area contributed by atoms with E-state index in [1.54, 1.807) is 7.11 Å². The molecule has 2 rings (SSSR count). The molecule has 1 aromatic rings. The van der Waals surface area contributed by atoms with Crippen LogP contribution in [0.1, 0.15) is 37.8 Å². The second-order valence-electron chi connectivity index (χ2n) is 5.50. The zero-order chi connectivity index (χ0) is 13.2. The van der Waals surface area contributed by atoms with Gasteiger partial charge in [-0.1, -0.05) is 0 Å². The van der Waals surface area contributed by atoms with Crippen molar-refractivity contribution in [1.29, 1.82) is 0 Å². The summed E-state index contributed by atoms with van der Waals surface area (Å²) < 4.78 is 5.38. The van der Waals surface area contributed by atoms with Gasteiger partial charge in [0, 0.05) is 0 Å². The van der Waals surface area contributed by atoms with Gasteiger partial charge in [0.15, 0.2) is 0 Å². The monoisotopic (exact) mass is 243 g/mol. The van der Waals surface area contributed by atoms with E-state index in [0.29, 0.717) is 0 Å². The number of nitrogens with one attached hydrogen (secondary N) is 1. The van der Waals surface area contributed by atoms with Gasteiger partial charge in [0.2, 0.25) is 0 Å². The molecule has 0 amide bonds. The number of piperidine rings is 1. The Kier molecular flexibility index (Phi) is 3.91. The number of hydrogen-bond acceptors (Lipinski definition) is 2. The zero-order valence-electron chi connectivity index (χ0n) is 11.7. The first-order valence-corrected chi connectivity index (χ1v) is 6.62. The standard InChI is InChI=1S/C15H22BNO/c1-11(16)13-5-4-12(18-3)10-14(13)15(2)6-8-17-9-7-15/h4-5,10,16-17H,6-9H2,1-3H3. The van der Waals surface area contributed by atoms with Gasteiger partial charge in [-0.15, -0.1) is 0 Å². The SMILES string of the molecule is B=C(C)c1ccc(OC)cc1C1(C)CCNCC1. The predicted octanol–water partition coefficient (Wildman–Crippen LogP) is 1.78. The van der Waals surface area contributed by atoms with Crippen molar-refractivity contribution >= 4 is 13.0 Å². The Labute approximate surface area is 111 Å². The molecule has 0 atom stereocenters. The van der Waals surface area contributed by atoms with E-state index < -0.39 is 0 Å². The number of methoxy groups -OCH3 is 1. The van der Waals surface area contributed by atoms with Gasteiger partial charge in [0.05, 0.1) is 0 Å². The summed E-state index contributed by atoms with van der Waals surface area (Å²) in [5.74, 6) is 0.940. The molecule has 0 bridgehead atoms. The summed E-state index contributed by atoms with van der Waals surface area (Å²) in [5.41, 5.74) is 4.03. The molecular formula is C15H22BNO. The topological polar surface area (TPSA) is 21.3 Å². The molecule has 1 aliphatic rings. The minimum atomic E-state index is 0.230. The average Bonchev–Trinajstić information content (AvgIpc) is 2.38. The van der Waals surface area contributed by atoms with Gasteiger partial charge in [0.1, 0.15) is 0 Å². The molecule has 96 valence electrons. The zero-order valence-corrected chi connectivity index (χ0v) is 11.7. The van der Waals surface area contributed by atoms with Crippen LogP contribution in [0.2, 0.25) is 0 Å². The predicted molar refractivity (Wildman–Crippen MR) is 79.4 cm³/mol. The summed E-state index contributed by atoms with van der Waals surface area (Å²) in [6, 6.07) is 6.36. The Morgan fingerprint density at radius 2 is 2.00 bits per heavy atom. The fraction of sp³-hybridized carbons (Fsp3) is 0.533. The summed E-state index contributed by atoms with van der Waals surface area (Å²) >= 11 is 0. The van der Waals surface area contributed by atoms with Crippen molar-refractivity contribution < 1.29 is 4.74 Å². The van der Waals surface area contributed by atoms with Crippen molar-refractivity contribution in [3.05, 3.63) is 29.3 Å². The third-order valence-electron chi connectivity index (χ3n) is 4.04. The van der Waals surface area contributed by atoms with Crippen LogP contribution in [-0.4, -0.2) is 33.2 Å². The van der Waals surface area contributed by atoms with Gasteiger partial charge in [-0.25, -0.2) is 0 Å². The van der Waals surface area contributed by atoms with Crippen LogP contribution in [0, 0.1) is 0 Å². The first-order valence-electron chi connectivity index (χ1n) is 6.62. The third-order valence-corrected chi connectivity index (χ3v) is 4.04. The normalized spacial score (nSPS) is 18.3. The summed E-state index contributed by atoms with van der Waals surface area (Å²) in [4.78, 5) is 0. The molecule has 0 spiro atoms. The average molecular weight is 243 g/mol. The minimum absolute atomic E-state index is 0.230. The van der Waals surface area contributed by atoms with E-state index in [1.807, 2.05) is 6.07 Å².